The predicted molar refractivity (Wildman–Crippen MR) is 74.0 cm³/mol. The van der Waals surface area contributed by atoms with E-state index in [2.05, 4.69) is 6.92 Å². The second-order valence-electron chi connectivity index (χ2n) is 5.21. The number of nitrogens with two attached hydrogens (primary N) is 1. The molecule has 0 spiro atoms. The molecule has 0 heterocycles. The third kappa shape index (κ3) is 3.19. The van der Waals surface area contributed by atoms with Gasteiger partial charge in [0.15, 0.2) is 5.75 Å². The van der Waals surface area contributed by atoms with Crippen molar-refractivity contribution < 1.29 is 14.6 Å². The van der Waals surface area contributed by atoms with Gasteiger partial charge in [-0.3, -0.25) is 0 Å². The van der Waals surface area contributed by atoms with E-state index in [1.165, 1.54) is 12.5 Å². The molecular formula is C15H21NO3. The van der Waals surface area contributed by atoms with Crippen LogP contribution >= 0.6 is 0 Å². The molecule has 1 aliphatic rings. The van der Waals surface area contributed by atoms with E-state index in [4.69, 9.17) is 10.5 Å². The van der Waals surface area contributed by atoms with Crippen LogP contribution < -0.4 is 5.73 Å². The minimum Gasteiger partial charge on any atom is -0.505 e. The molecule has 1 aliphatic carbocycles. The number of rotatable bonds is 3. The minimum absolute atomic E-state index is 0.0352. The van der Waals surface area contributed by atoms with Crippen molar-refractivity contribution >= 4 is 11.7 Å². The summed E-state index contributed by atoms with van der Waals surface area (Å²) >= 11 is 0. The first-order valence-electron chi connectivity index (χ1n) is 6.90. The first-order chi connectivity index (χ1) is 9.11. The maximum atomic E-state index is 12.0. The highest BCUT2D eigenvalue weighted by Crippen LogP contribution is 2.30. The summed E-state index contributed by atoms with van der Waals surface area (Å²) < 4.78 is 5.49. The average Bonchev–Trinajstić information content (AvgIpc) is 2.42. The lowest BCUT2D eigenvalue weighted by molar-refractivity contribution is 0.0137. The second kappa shape index (κ2) is 5.95. The molecule has 104 valence electrons. The molecule has 0 saturated heterocycles. The van der Waals surface area contributed by atoms with Crippen LogP contribution in [0.15, 0.2) is 18.2 Å². The Balaban J connectivity index is 2.02. The highest BCUT2D eigenvalue weighted by molar-refractivity contribution is 5.94. The van der Waals surface area contributed by atoms with Crippen molar-refractivity contribution in [2.24, 2.45) is 5.92 Å². The van der Waals surface area contributed by atoms with Crippen molar-refractivity contribution in [2.45, 2.75) is 45.1 Å². The van der Waals surface area contributed by atoms with Crippen molar-refractivity contribution in [3.05, 3.63) is 23.8 Å². The van der Waals surface area contributed by atoms with E-state index in [1.54, 1.807) is 12.1 Å². The van der Waals surface area contributed by atoms with Gasteiger partial charge in [0.1, 0.15) is 11.7 Å². The summed E-state index contributed by atoms with van der Waals surface area (Å²) in [7, 11) is 0. The number of carbonyl (C=O) groups excluding carboxylic acids is 1. The van der Waals surface area contributed by atoms with Crippen molar-refractivity contribution in [2.75, 3.05) is 5.73 Å². The van der Waals surface area contributed by atoms with Gasteiger partial charge < -0.3 is 15.6 Å². The van der Waals surface area contributed by atoms with E-state index in [1.807, 2.05) is 0 Å². The molecule has 1 aromatic carbocycles. The number of hydrogen-bond acceptors (Lipinski definition) is 4. The van der Waals surface area contributed by atoms with E-state index >= 15 is 0 Å². The van der Waals surface area contributed by atoms with Crippen LogP contribution in [0.3, 0.4) is 0 Å². The summed E-state index contributed by atoms with van der Waals surface area (Å²) in [6.45, 7) is 2.17. The molecular weight excluding hydrogens is 242 g/mol. The van der Waals surface area contributed by atoms with Crippen molar-refractivity contribution in [3.8, 4) is 5.75 Å². The van der Waals surface area contributed by atoms with Crippen molar-refractivity contribution in [1.29, 1.82) is 0 Å². The Morgan fingerprint density at radius 3 is 3.00 bits per heavy atom. The Morgan fingerprint density at radius 2 is 2.26 bits per heavy atom. The molecule has 2 unspecified atom stereocenters. The van der Waals surface area contributed by atoms with E-state index < -0.39 is 5.97 Å². The van der Waals surface area contributed by atoms with Crippen LogP contribution in [0.5, 0.6) is 5.75 Å². The normalized spacial score (nSPS) is 23.0. The summed E-state index contributed by atoms with van der Waals surface area (Å²) in [6.07, 6.45) is 5.23. The van der Waals surface area contributed by atoms with Gasteiger partial charge in [0, 0.05) is 0 Å². The fraction of sp³-hybridized carbons (Fsp3) is 0.533. The van der Waals surface area contributed by atoms with Crippen molar-refractivity contribution in [1.82, 2.24) is 0 Å². The number of esters is 1. The van der Waals surface area contributed by atoms with Gasteiger partial charge in [0.25, 0.3) is 0 Å². The molecule has 1 fully saturated rings. The molecule has 2 rings (SSSR count). The highest BCUT2D eigenvalue weighted by atomic mass is 16.5. The monoisotopic (exact) mass is 263 g/mol. The first-order valence-corrected chi connectivity index (χ1v) is 6.90. The third-order valence-electron chi connectivity index (χ3n) is 3.87. The smallest absolute Gasteiger partial charge is 0.342 e. The van der Waals surface area contributed by atoms with Gasteiger partial charge in [-0.05, 0) is 37.3 Å². The number of para-hydroxylation sites is 1. The quantitative estimate of drug-likeness (QED) is 0.499. The molecule has 0 radical (unpaired) electrons. The molecule has 0 aliphatic heterocycles. The molecule has 2 atom stereocenters. The van der Waals surface area contributed by atoms with Crippen LogP contribution in [0.1, 0.15) is 49.4 Å². The van der Waals surface area contributed by atoms with Gasteiger partial charge in [-0.2, -0.15) is 0 Å². The number of nitrogen functional groups attached to an aromatic ring is 1. The zero-order valence-electron chi connectivity index (χ0n) is 11.3. The lowest BCUT2D eigenvalue weighted by Gasteiger charge is -2.28. The Kier molecular flexibility index (Phi) is 4.30. The zero-order valence-corrected chi connectivity index (χ0v) is 11.3. The molecule has 4 heteroatoms. The molecule has 1 aromatic rings. The number of aromatic hydroxyl groups is 1. The number of phenols is 1. The Morgan fingerprint density at radius 1 is 1.47 bits per heavy atom. The third-order valence-corrected chi connectivity index (χ3v) is 3.87. The highest BCUT2D eigenvalue weighted by Gasteiger charge is 2.25. The van der Waals surface area contributed by atoms with Gasteiger partial charge >= 0.3 is 5.97 Å². The topological polar surface area (TPSA) is 72.5 Å². The fourth-order valence-electron chi connectivity index (χ4n) is 2.66. The number of hydrogen-bond donors (Lipinski definition) is 2. The summed E-state index contributed by atoms with van der Waals surface area (Å²) in [6, 6.07) is 4.73. The van der Waals surface area contributed by atoms with Crippen LogP contribution in [0, 0.1) is 5.92 Å². The van der Waals surface area contributed by atoms with Gasteiger partial charge in [0.2, 0.25) is 0 Å². The van der Waals surface area contributed by atoms with Gasteiger partial charge in [-0.1, -0.05) is 25.8 Å². The van der Waals surface area contributed by atoms with Crippen LogP contribution in [0.2, 0.25) is 0 Å². The average molecular weight is 263 g/mol. The van der Waals surface area contributed by atoms with E-state index in [-0.39, 0.29) is 23.1 Å². The predicted octanol–water partition coefficient (Wildman–Crippen LogP) is 3.10. The second-order valence-corrected chi connectivity index (χ2v) is 5.21. The van der Waals surface area contributed by atoms with Crippen LogP contribution in [-0.2, 0) is 4.74 Å². The van der Waals surface area contributed by atoms with Gasteiger partial charge in [-0.15, -0.1) is 0 Å². The van der Waals surface area contributed by atoms with E-state index in [9.17, 15) is 9.90 Å². The number of phenolic OH excluding ortho intramolecular Hbond substituents is 1. The molecule has 4 nitrogen and oxygen atoms in total. The van der Waals surface area contributed by atoms with Crippen LogP contribution in [-0.4, -0.2) is 17.2 Å². The lowest BCUT2D eigenvalue weighted by Crippen LogP contribution is -2.25. The SMILES string of the molecule is CCC1CCCC(OC(=O)c2cccc(N)c2O)C1. The van der Waals surface area contributed by atoms with Crippen LogP contribution in [0.25, 0.3) is 0 Å². The van der Waals surface area contributed by atoms with Gasteiger partial charge in [0.05, 0.1) is 5.69 Å². The molecule has 0 amide bonds. The number of carbonyl (C=O) groups is 1. The Hall–Kier alpha value is -1.71. The van der Waals surface area contributed by atoms with Crippen LogP contribution in [0.4, 0.5) is 5.69 Å². The number of anilines is 1. The van der Waals surface area contributed by atoms with Crippen molar-refractivity contribution in [3.63, 3.8) is 0 Å². The minimum atomic E-state index is -0.480. The van der Waals surface area contributed by atoms with E-state index in [0.717, 1.165) is 25.7 Å². The standard InChI is InChI=1S/C15H21NO3/c1-2-10-5-3-6-11(9-10)19-15(18)12-7-4-8-13(16)14(12)17/h4,7-8,10-11,17H,2-3,5-6,9,16H2,1H3. The molecule has 3 N–H and O–H groups in total. The zero-order chi connectivity index (χ0) is 13.8. The lowest BCUT2D eigenvalue weighted by atomic mass is 9.85. The first kappa shape index (κ1) is 13.7. The molecule has 0 aromatic heterocycles. The van der Waals surface area contributed by atoms with Gasteiger partial charge in [-0.25, -0.2) is 4.79 Å². The largest absolute Gasteiger partial charge is 0.505 e. The summed E-state index contributed by atoms with van der Waals surface area (Å²) in [5, 5.41) is 9.77. The summed E-state index contributed by atoms with van der Waals surface area (Å²) in [5.74, 6) is -0.0251. The number of benzene rings is 1. The number of ether oxygens (including phenoxy) is 1. The van der Waals surface area contributed by atoms with E-state index in [0.29, 0.717) is 5.92 Å². The Bertz CT molecular complexity index is 459. The molecule has 19 heavy (non-hydrogen) atoms. The molecule has 1 saturated carbocycles. The summed E-state index contributed by atoms with van der Waals surface area (Å²) in [4.78, 5) is 12.0. The summed E-state index contributed by atoms with van der Waals surface area (Å²) in [5.41, 5.74) is 5.93. The molecule has 0 bridgehead atoms. The fourth-order valence-corrected chi connectivity index (χ4v) is 2.66. The Labute approximate surface area is 113 Å². The maximum Gasteiger partial charge on any atom is 0.342 e. The maximum absolute atomic E-state index is 12.0.